The largest absolute Gasteiger partial charge is 0.495 e. The van der Waals surface area contributed by atoms with Crippen LogP contribution in [0.25, 0.3) is 0 Å². The Morgan fingerprint density at radius 3 is 2.50 bits per heavy atom. The van der Waals surface area contributed by atoms with Crippen molar-refractivity contribution in [3.8, 4) is 5.75 Å². The number of hydrogen-bond donors (Lipinski definition) is 1. The molecular weight excluding hydrogens is 383 g/mol. The summed E-state index contributed by atoms with van der Waals surface area (Å²) in [6.07, 6.45) is 0. The molecule has 1 fully saturated rings. The van der Waals surface area contributed by atoms with E-state index in [0.717, 1.165) is 17.2 Å². The molecule has 1 heterocycles. The first-order chi connectivity index (χ1) is 13.4. The lowest BCUT2D eigenvalue weighted by molar-refractivity contribution is 0.0172. The van der Waals surface area contributed by atoms with Crippen molar-refractivity contribution in [1.82, 2.24) is 9.62 Å². The quantitative estimate of drug-likeness (QED) is 0.763. The normalized spacial score (nSPS) is 16.7. The van der Waals surface area contributed by atoms with Gasteiger partial charge in [-0.3, -0.25) is 4.90 Å². The smallest absolute Gasteiger partial charge is 0.244 e. The van der Waals surface area contributed by atoms with E-state index in [-0.39, 0.29) is 23.2 Å². The number of hydrogen-bond acceptors (Lipinski definition) is 5. The first-order valence-corrected chi connectivity index (χ1v) is 10.6. The van der Waals surface area contributed by atoms with Gasteiger partial charge >= 0.3 is 0 Å². The second-order valence-electron chi connectivity index (χ2n) is 6.72. The van der Waals surface area contributed by atoms with Crippen molar-refractivity contribution in [3.05, 3.63) is 59.4 Å². The average molecular weight is 408 g/mol. The first-order valence-electron chi connectivity index (χ1n) is 9.12. The van der Waals surface area contributed by atoms with Crippen LogP contribution in [0.1, 0.15) is 17.2 Å². The SMILES string of the molecule is COc1ccc(F)cc1S(=O)(=O)NC[C@H](c1ccc(C)cc1)N1CCOCC1. The van der Waals surface area contributed by atoms with E-state index in [1.807, 2.05) is 31.2 Å². The average Bonchev–Trinajstić information content (AvgIpc) is 2.70. The zero-order chi connectivity index (χ0) is 20.1. The zero-order valence-electron chi connectivity index (χ0n) is 16.0. The Morgan fingerprint density at radius 2 is 1.86 bits per heavy atom. The molecule has 0 aromatic heterocycles. The number of benzene rings is 2. The molecule has 28 heavy (non-hydrogen) atoms. The number of nitrogens with zero attached hydrogens (tertiary/aromatic N) is 1. The van der Waals surface area contributed by atoms with Gasteiger partial charge in [0.1, 0.15) is 16.5 Å². The highest BCUT2D eigenvalue weighted by molar-refractivity contribution is 7.89. The van der Waals surface area contributed by atoms with Crippen LogP contribution < -0.4 is 9.46 Å². The number of nitrogens with one attached hydrogen (secondary N) is 1. The summed E-state index contributed by atoms with van der Waals surface area (Å²) in [5, 5.41) is 0. The summed E-state index contributed by atoms with van der Waals surface area (Å²) in [6.45, 7) is 4.80. The van der Waals surface area contributed by atoms with Crippen LogP contribution in [0.4, 0.5) is 4.39 Å². The van der Waals surface area contributed by atoms with Gasteiger partial charge in [0.2, 0.25) is 10.0 Å². The van der Waals surface area contributed by atoms with Crippen molar-refractivity contribution in [2.45, 2.75) is 17.9 Å². The second kappa shape index (κ2) is 9.00. The van der Waals surface area contributed by atoms with Crippen molar-refractivity contribution in [2.24, 2.45) is 0 Å². The predicted molar refractivity (Wildman–Crippen MR) is 104 cm³/mol. The minimum absolute atomic E-state index is 0.104. The van der Waals surface area contributed by atoms with Crippen LogP contribution in [0, 0.1) is 12.7 Å². The monoisotopic (exact) mass is 408 g/mol. The standard InChI is InChI=1S/C20H25FN2O4S/c1-15-3-5-16(6-4-15)18(23-9-11-27-12-10-23)14-22-28(24,25)20-13-17(21)7-8-19(20)26-2/h3-8,13,18,22H,9-12,14H2,1-2H3/t18-/m1/s1. The molecule has 6 nitrogen and oxygen atoms in total. The third-order valence-corrected chi connectivity index (χ3v) is 6.28. The molecule has 8 heteroatoms. The Balaban J connectivity index is 1.84. The summed E-state index contributed by atoms with van der Waals surface area (Å²) in [6, 6.07) is 11.3. The lowest BCUT2D eigenvalue weighted by atomic mass is 10.0. The topological polar surface area (TPSA) is 67.9 Å². The molecule has 0 radical (unpaired) electrons. The lowest BCUT2D eigenvalue weighted by Crippen LogP contribution is -2.43. The number of ether oxygens (including phenoxy) is 2. The van der Waals surface area contributed by atoms with Crippen LogP contribution in [0.3, 0.4) is 0 Å². The highest BCUT2D eigenvalue weighted by Crippen LogP contribution is 2.26. The van der Waals surface area contributed by atoms with E-state index in [4.69, 9.17) is 9.47 Å². The maximum Gasteiger partial charge on any atom is 0.244 e. The van der Waals surface area contributed by atoms with E-state index in [2.05, 4.69) is 9.62 Å². The van der Waals surface area contributed by atoms with Crippen LogP contribution in [0.15, 0.2) is 47.4 Å². The molecule has 1 aliphatic rings. The van der Waals surface area contributed by atoms with Crippen LogP contribution in [0.2, 0.25) is 0 Å². The summed E-state index contributed by atoms with van der Waals surface area (Å²) in [7, 11) is -2.59. The molecule has 1 N–H and O–H groups in total. The highest BCUT2D eigenvalue weighted by Gasteiger charge is 2.26. The lowest BCUT2D eigenvalue weighted by Gasteiger charge is -2.35. The fraction of sp³-hybridized carbons (Fsp3) is 0.400. The van der Waals surface area contributed by atoms with E-state index < -0.39 is 15.8 Å². The van der Waals surface area contributed by atoms with Gasteiger partial charge in [-0.15, -0.1) is 0 Å². The van der Waals surface area contributed by atoms with E-state index in [0.29, 0.717) is 26.3 Å². The summed E-state index contributed by atoms with van der Waals surface area (Å²) >= 11 is 0. The number of morpholine rings is 1. The van der Waals surface area contributed by atoms with Crippen LogP contribution in [-0.4, -0.2) is 53.3 Å². The van der Waals surface area contributed by atoms with Gasteiger partial charge in [-0.05, 0) is 30.7 Å². The highest BCUT2D eigenvalue weighted by atomic mass is 32.2. The van der Waals surface area contributed by atoms with Crippen LogP contribution in [0.5, 0.6) is 5.75 Å². The van der Waals surface area contributed by atoms with Crippen LogP contribution >= 0.6 is 0 Å². The minimum Gasteiger partial charge on any atom is -0.495 e. The van der Waals surface area contributed by atoms with Gasteiger partial charge in [0, 0.05) is 25.7 Å². The first kappa shape index (κ1) is 20.7. The summed E-state index contributed by atoms with van der Waals surface area (Å²) in [4.78, 5) is 1.99. The Morgan fingerprint density at radius 1 is 1.18 bits per heavy atom. The van der Waals surface area contributed by atoms with Crippen molar-refractivity contribution >= 4 is 10.0 Å². The summed E-state index contributed by atoms with van der Waals surface area (Å²) in [5.74, 6) is -0.531. The summed E-state index contributed by atoms with van der Waals surface area (Å²) in [5.41, 5.74) is 2.15. The van der Waals surface area contributed by atoms with E-state index in [1.165, 1.54) is 19.2 Å². The number of rotatable bonds is 7. The number of methoxy groups -OCH3 is 1. The fourth-order valence-electron chi connectivity index (χ4n) is 3.26. The Bertz CT molecular complexity index is 897. The minimum atomic E-state index is -3.95. The third-order valence-electron chi connectivity index (χ3n) is 4.83. The molecule has 2 aromatic rings. The third kappa shape index (κ3) is 4.88. The zero-order valence-corrected chi connectivity index (χ0v) is 16.8. The molecular formula is C20H25FN2O4S. The Kier molecular flexibility index (Phi) is 6.66. The van der Waals surface area contributed by atoms with Crippen molar-refractivity contribution < 1.29 is 22.3 Å². The predicted octanol–water partition coefficient (Wildman–Crippen LogP) is 2.49. The van der Waals surface area contributed by atoms with Crippen molar-refractivity contribution in [3.63, 3.8) is 0 Å². The van der Waals surface area contributed by atoms with Gasteiger partial charge in [0.05, 0.1) is 20.3 Å². The molecule has 152 valence electrons. The van der Waals surface area contributed by atoms with Gasteiger partial charge in [-0.25, -0.2) is 17.5 Å². The number of aryl methyl sites for hydroxylation is 1. The summed E-state index contributed by atoms with van der Waals surface area (Å²) < 4.78 is 52.5. The molecule has 0 aliphatic carbocycles. The van der Waals surface area contributed by atoms with E-state index >= 15 is 0 Å². The molecule has 1 aliphatic heterocycles. The van der Waals surface area contributed by atoms with Gasteiger partial charge in [-0.1, -0.05) is 29.8 Å². The molecule has 0 saturated carbocycles. The Labute approximate surface area is 165 Å². The van der Waals surface area contributed by atoms with E-state index in [9.17, 15) is 12.8 Å². The Hall–Kier alpha value is -2.00. The van der Waals surface area contributed by atoms with Gasteiger partial charge in [0.25, 0.3) is 0 Å². The molecule has 0 amide bonds. The van der Waals surface area contributed by atoms with Crippen molar-refractivity contribution in [1.29, 1.82) is 0 Å². The number of halogens is 1. The maximum absolute atomic E-state index is 13.6. The van der Waals surface area contributed by atoms with Crippen LogP contribution in [-0.2, 0) is 14.8 Å². The second-order valence-corrected chi connectivity index (χ2v) is 8.46. The van der Waals surface area contributed by atoms with E-state index in [1.54, 1.807) is 0 Å². The molecule has 2 aromatic carbocycles. The molecule has 3 rings (SSSR count). The van der Waals surface area contributed by atoms with Gasteiger partial charge in [0.15, 0.2) is 0 Å². The molecule has 1 saturated heterocycles. The molecule has 0 bridgehead atoms. The van der Waals surface area contributed by atoms with Gasteiger partial charge in [-0.2, -0.15) is 0 Å². The van der Waals surface area contributed by atoms with Crippen molar-refractivity contribution in [2.75, 3.05) is 40.0 Å². The number of sulfonamides is 1. The fourth-order valence-corrected chi connectivity index (χ4v) is 4.48. The van der Waals surface area contributed by atoms with Gasteiger partial charge < -0.3 is 9.47 Å². The maximum atomic E-state index is 13.6. The molecule has 0 unspecified atom stereocenters. The molecule has 1 atom stereocenters. The molecule has 0 spiro atoms.